The van der Waals surface area contributed by atoms with E-state index in [9.17, 15) is 19.8 Å². The van der Waals surface area contributed by atoms with Gasteiger partial charge in [0, 0.05) is 0 Å². The van der Waals surface area contributed by atoms with Crippen molar-refractivity contribution in [2.75, 3.05) is 0 Å². The van der Waals surface area contributed by atoms with Crippen LogP contribution in [0.25, 0.3) is 0 Å². The normalized spacial score (nSPS) is 10.9. The summed E-state index contributed by atoms with van der Waals surface area (Å²) in [5.41, 5.74) is -2.83. The first-order valence-electron chi connectivity index (χ1n) is 4.13. The number of rotatable bonds is 3. The number of carbonyl (C=O) groups is 2. The summed E-state index contributed by atoms with van der Waals surface area (Å²) in [7, 11) is 0. The van der Waals surface area contributed by atoms with Crippen molar-refractivity contribution in [3.8, 4) is 0 Å². The molecule has 0 fully saturated rings. The van der Waals surface area contributed by atoms with Crippen molar-refractivity contribution in [2.45, 2.75) is 34.1 Å². The Morgan fingerprint density at radius 2 is 1.33 bits per heavy atom. The van der Waals surface area contributed by atoms with E-state index in [1.807, 2.05) is 0 Å². The summed E-state index contributed by atoms with van der Waals surface area (Å²) in [6.07, 6.45) is -0.0405. The molecule has 0 aromatic carbocycles. The summed E-state index contributed by atoms with van der Waals surface area (Å²) in [5, 5.41) is 21.6. The summed E-state index contributed by atoms with van der Waals surface area (Å²) in [4.78, 5) is 21.6. The number of aliphatic carboxylic acids is 2. The summed E-state index contributed by atoms with van der Waals surface area (Å²) in [5.74, 6) is -3.16. The van der Waals surface area contributed by atoms with Gasteiger partial charge in [-0.15, -0.1) is 0 Å². The first-order chi connectivity index (χ1) is 5.70. The van der Waals surface area contributed by atoms with E-state index in [1.54, 1.807) is 20.8 Å². The van der Waals surface area contributed by atoms with Crippen LogP contribution in [-0.4, -0.2) is 11.9 Å². The Kier molecular flexibility index (Phi) is 10.7. The van der Waals surface area contributed by atoms with E-state index in [0.717, 1.165) is 0 Å². The minimum atomic E-state index is -1.91. The molecule has 0 rings (SSSR count). The summed E-state index contributed by atoms with van der Waals surface area (Å²) in [6, 6.07) is 0. The van der Waals surface area contributed by atoms with Crippen molar-refractivity contribution in [1.82, 2.24) is 0 Å². The molecule has 0 spiro atoms. The first kappa shape index (κ1) is 21.5. The summed E-state index contributed by atoms with van der Waals surface area (Å²) in [6.45, 7) is 6.13. The van der Waals surface area contributed by atoms with Crippen molar-refractivity contribution < 1.29 is 90.0 Å². The van der Waals surface area contributed by atoms with Gasteiger partial charge in [0.2, 0.25) is 0 Å². The molecule has 0 aliphatic carbocycles. The monoisotopic (exact) mass is 232 g/mol. The number of carboxylic acids is 2. The fourth-order valence-corrected chi connectivity index (χ4v) is 1.51. The second kappa shape index (κ2) is 7.49. The summed E-state index contributed by atoms with van der Waals surface area (Å²) < 4.78 is 0. The molecule has 0 saturated heterocycles. The molecule has 6 heteroatoms. The molecule has 0 atom stereocenters. The van der Waals surface area contributed by atoms with E-state index in [4.69, 9.17) is 0 Å². The van der Waals surface area contributed by atoms with Crippen LogP contribution in [0.3, 0.4) is 0 Å². The molecule has 0 aliphatic heterocycles. The number of hydrogen-bond acceptors (Lipinski definition) is 4. The van der Waals surface area contributed by atoms with Crippen LogP contribution in [0, 0.1) is 10.8 Å². The second-order valence-corrected chi connectivity index (χ2v) is 4.08. The van der Waals surface area contributed by atoms with Gasteiger partial charge in [0.05, 0.1) is 17.4 Å². The maximum absolute atomic E-state index is 10.8. The molecule has 0 N–H and O–H groups in total. The SMILES string of the molecule is CCC(C(=O)[O-])(C(=O)[O-])C(C)(C)C.[K+].[Li+]. The molecule has 4 nitrogen and oxygen atoms in total. The zero-order valence-electron chi connectivity index (χ0n) is 10.3. The Bertz CT molecular complexity index is 221. The third-order valence-corrected chi connectivity index (χ3v) is 2.51. The van der Waals surface area contributed by atoms with Gasteiger partial charge in [-0.25, -0.2) is 0 Å². The summed E-state index contributed by atoms with van der Waals surface area (Å²) >= 11 is 0. The molecule has 0 amide bonds. The average molecular weight is 232 g/mol. The Hall–Kier alpha value is 1.17. The van der Waals surface area contributed by atoms with Crippen LogP contribution < -0.4 is 80.5 Å². The number of carboxylic acid groups (broad SMARTS) is 2. The largest absolute Gasteiger partial charge is 1.00 e. The van der Waals surface area contributed by atoms with Crippen molar-refractivity contribution >= 4 is 11.9 Å². The molecule has 0 heterocycles. The molecule has 0 unspecified atom stereocenters. The predicted octanol–water partition coefficient (Wildman–Crippen LogP) is -7.06. The number of carbonyl (C=O) groups excluding carboxylic acids is 2. The van der Waals surface area contributed by atoms with Gasteiger partial charge in [-0.05, 0) is 11.8 Å². The van der Waals surface area contributed by atoms with Crippen LogP contribution in [0.2, 0.25) is 0 Å². The van der Waals surface area contributed by atoms with Gasteiger partial charge in [0.1, 0.15) is 0 Å². The Morgan fingerprint density at radius 1 is 1.07 bits per heavy atom. The fourth-order valence-electron chi connectivity index (χ4n) is 1.51. The van der Waals surface area contributed by atoms with Gasteiger partial charge < -0.3 is 19.8 Å². The van der Waals surface area contributed by atoms with Crippen molar-refractivity contribution in [3.63, 3.8) is 0 Å². The molecule has 0 radical (unpaired) electrons. The average Bonchev–Trinajstić information content (AvgIpc) is 1.83. The Labute approximate surface area is 145 Å². The van der Waals surface area contributed by atoms with E-state index < -0.39 is 22.8 Å². The first-order valence-corrected chi connectivity index (χ1v) is 4.13. The smallest absolute Gasteiger partial charge is 0.549 e. The van der Waals surface area contributed by atoms with Crippen molar-refractivity contribution in [2.24, 2.45) is 10.8 Å². The van der Waals surface area contributed by atoms with Gasteiger partial charge in [0.25, 0.3) is 0 Å². The maximum Gasteiger partial charge on any atom is 1.00 e. The Balaban J connectivity index is -0.000000720. The molecule has 0 aliphatic rings. The standard InChI is InChI=1S/C9H16O4.K.Li/c1-5-9(6(10)11,7(12)13)8(2,3)4;;/h5H2,1-4H3,(H,10,11)(H,12,13);;/q;2*+1/p-2. The van der Waals surface area contributed by atoms with E-state index in [-0.39, 0.29) is 76.7 Å². The van der Waals surface area contributed by atoms with Gasteiger partial charge in [-0.2, -0.15) is 0 Å². The van der Waals surface area contributed by atoms with Crippen molar-refractivity contribution in [3.05, 3.63) is 0 Å². The van der Waals surface area contributed by atoms with Crippen LogP contribution in [-0.2, 0) is 9.59 Å². The van der Waals surface area contributed by atoms with Gasteiger partial charge in [-0.3, -0.25) is 0 Å². The van der Waals surface area contributed by atoms with Crippen LogP contribution in [0.15, 0.2) is 0 Å². The molecular formula is C9H14KLiO4. The second-order valence-electron chi connectivity index (χ2n) is 4.08. The van der Waals surface area contributed by atoms with E-state index in [0.29, 0.717) is 0 Å². The minimum absolute atomic E-state index is 0. The maximum atomic E-state index is 10.8. The molecule has 0 bridgehead atoms. The predicted molar refractivity (Wildman–Crippen MR) is 42.2 cm³/mol. The van der Waals surface area contributed by atoms with E-state index >= 15 is 0 Å². The Morgan fingerprint density at radius 3 is 1.33 bits per heavy atom. The fraction of sp³-hybridized carbons (Fsp3) is 0.778. The van der Waals surface area contributed by atoms with Crippen LogP contribution in [0.1, 0.15) is 34.1 Å². The molecule has 0 saturated carbocycles. The van der Waals surface area contributed by atoms with Crippen LogP contribution in [0.5, 0.6) is 0 Å². The topological polar surface area (TPSA) is 80.3 Å². The van der Waals surface area contributed by atoms with E-state index in [2.05, 4.69) is 0 Å². The third-order valence-electron chi connectivity index (χ3n) is 2.51. The molecule has 76 valence electrons. The quantitative estimate of drug-likeness (QED) is 0.358. The molecule has 0 aromatic heterocycles. The van der Waals surface area contributed by atoms with Crippen molar-refractivity contribution in [1.29, 1.82) is 0 Å². The third kappa shape index (κ3) is 4.16. The molecular weight excluding hydrogens is 218 g/mol. The van der Waals surface area contributed by atoms with E-state index in [1.165, 1.54) is 6.92 Å². The van der Waals surface area contributed by atoms with Gasteiger partial charge >= 0.3 is 70.2 Å². The van der Waals surface area contributed by atoms with Crippen LogP contribution in [0.4, 0.5) is 0 Å². The molecule has 15 heavy (non-hydrogen) atoms. The minimum Gasteiger partial charge on any atom is -0.549 e. The van der Waals surface area contributed by atoms with Gasteiger partial charge in [0.15, 0.2) is 0 Å². The zero-order valence-corrected chi connectivity index (χ0v) is 13.5. The number of hydrogen-bond donors (Lipinski definition) is 0. The van der Waals surface area contributed by atoms with Crippen LogP contribution >= 0.6 is 0 Å². The zero-order chi connectivity index (χ0) is 10.9. The molecule has 0 aromatic rings. The van der Waals surface area contributed by atoms with Gasteiger partial charge in [-0.1, -0.05) is 27.7 Å².